The lowest BCUT2D eigenvalue weighted by atomic mass is 10.2. The first kappa shape index (κ1) is 14.1. The third-order valence-electron chi connectivity index (χ3n) is 3.73. The quantitative estimate of drug-likeness (QED) is 0.711. The second kappa shape index (κ2) is 6.21. The molecule has 2 N–H and O–H groups in total. The smallest absolute Gasteiger partial charge is 0.407 e. The molecule has 0 aromatic carbocycles. The topological polar surface area (TPSA) is 79.9 Å². The minimum atomic E-state index is -0.447. The molecule has 3 atom stereocenters. The van der Waals surface area contributed by atoms with Gasteiger partial charge in [0.1, 0.15) is 0 Å². The van der Waals surface area contributed by atoms with E-state index in [2.05, 4.69) is 15.4 Å². The highest BCUT2D eigenvalue weighted by Gasteiger charge is 2.35. The molecular weight excluding hydrogens is 250 g/mol. The van der Waals surface area contributed by atoms with Crippen molar-refractivity contribution in [1.29, 1.82) is 0 Å². The molecule has 0 saturated carbocycles. The molecule has 2 heterocycles. The predicted octanol–water partition coefficient (Wildman–Crippen LogP) is -0.680. The number of alkyl carbamates (subject to hydrolysis) is 1. The molecule has 0 bridgehead atoms. The van der Waals surface area contributed by atoms with Gasteiger partial charge >= 0.3 is 6.09 Å². The third kappa shape index (κ3) is 3.36. The maximum absolute atomic E-state index is 12.3. The van der Waals surface area contributed by atoms with Crippen molar-refractivity contribution in [1.82, 2.24) is 15.5 Å². The van der Waals surface area contributed by atoms with Crippen LogP contribution in [0.2, 0.25) is 0 Å². The highest BCUT2D eigenvalue weighted by molar-refractivity contribution is 5.82. The fraction of sp³-hybridized carbons (Fsp3) is 0.833. The number of nitrogens with one attached hydrogen (secondary N) is 2. The number of carbonyl (C=O) groups excluding carboxylic acids is 2. The fourth-order valence-electron chi connectivity index (χ4n) is 2.60. The molecule has 0 aromatic heterocycles. The van der Waals surface area contributed by atoms with Gasteiger partial charge in [-0.2, -0.15) is 0 Å². The van der Waals surface area contributed by atoms with Crippen LogP contribution in [-0.4, -0.2) is 68.9 Å². The first-order valence-electron chi connectivity index (χ1n) is 6.53. The Morgan fingerprint density at radius 1 is 1.37 bits per heavy atom. The van der Waals surface area contributed by atoms with Crippen molar-refractivity contribution in [2.45, 2.75) is 31.0 Å². The van der Waals surface area contributed by atoms with Crippen molar-refractivity contribution < 1.29 is 19.1 Å². The van der Waals surface area contributed by atoms with Gasteiger partial charge < -0.3 is 25.0 Å². The van der Waals surface area contributed by atoms with Gasteiger partial charge in [-0.3, -0.25) is 4.79 Å². The standard InChI is InChI=1S/C12H21N3O4/c1-18-9-5-10(13-6-9)11(16)15-4-3-8(7-15)14-12(17)19-2/h8-10,13H,3-7H2,1-2H3,(H,14,17). The molecule has 108 valence electrons. The van der Waals surface area contributed by atoms with Gasteiger partial charge in [0, 0.05) is 26.7 Å². The van der Waals surface area contributed by atoms with Gasteiger partial charge in [-0.15, -0.1) is 0 Å². The normalized spacial score (nSPS) is 30.4. The Labute approximate surface area is 112 Å². The molecule has 3 unspecified atom stereocenters. The Morgan fingerprint density at radius 2 is 2.16 bits per heavy atom. The number of likely N-dealkylation sites (tertiary alicyclic amines) is 1. The number of rotatable bonds is 3. The van der Waals surface area contributed by atoms with Crippen molar-refractivity contribution in [2.75, 3.05) is 33.9 Å². The zero-order valence-corrected chi connectivity index (χ0v) is 11.3. The van der Waals surface area contributed by atoms with Crippen LogP contribution in [0.5, 0.6) is 0 Å². The first-order chi connectivity index (χ1) is 9.13. The summed E-state index contributed by atoms with van der Waals surface area (Å²) in [6, 6.07) is -0.183. The van der Waals surface area contributed by atoms with E-state index in [0.717, 1.165) is 6.42 Å². The molecular formula is C12H21N3O4. The van der Waals surface area contributed by atoms with Gasteiger partial charge in [-0.25, -0.2) is 4.79 Å². The van der Waals surface area contributed by atoms with Crippen molar-refractivity contribution >= 4 is 12.0 Å². The number of ether oxygens (including phenoxy) is 2. The maximum Gasteiger partial charge on any atom is 0.407 e. The molecule has 7 heteroatoms. The SMILES string of the molecule is COC(=O)NC1CCN(C(=O)C2CC(OC)CN2)C1. The lowest BCUT2D eigenvalue weighted by Gasteiger charge is -2.20. The van der Waals surface area contributed by atoms with E-state index < -0.39 is 6.09 Å². The zero-order chi connectivity index (χ0) is 13.8. The van der Waals surface area contributed by atoms with Crippen LogP contribution in [0.25, 0.3) is 0 Å². The Balaban J connectivity index is 1.80. The largest absolute Gasteiger partial charge is 0.453 e. The monoisotopic (exact) mass is 271 g/mol. The Hall–Kier alpha value is -1.34. The predicted molar refractivity (Wildman–Crippen MR) is 67.7 cm³/mol. The molecule has 7 nitrogen and oxygen atoms in total. The van der Waals surface area contributed by atoms with E-state index in [1.165, 1.54) is 7.11 Å². The van der Waals surface area contributed by atoms with Gasteiger partial charge in [0.05, 0.1) is 25.3 Å². The fourth-order valence-corrected chi connectivity index (χ4v) is 2.60. The third-order valence-corrected chi connectivity index (χ3v) is 3.73. The number of hydrogen-bond acceptors (Lipinski definition) is 5. The average Bonchev–Trinajstić information content (AvgIpc) is 3.06. The highest BCUT2D eigenvalue weighted by Crippen LogP contribution is 2.16. The number of amides is 2. The Kier molecular flexibility index (Phi) is 4.60. The molecule has 2 aliphatic rings. The summed E-state index contributed by atoms with van der Waals surface area (Å²) in [4.78, 5) is 25.2. The lowest BCUT2D eigenvalue weighted by molar-refractivity contribution is -0.132. The Bertz CT molecular complexity index is 350. The van der Waals surface area contributed by atoms with Gasteiger partial charge in [0.15, 0.2) is 0 Å². The molecule has 19 heavy (non-hydrogen) atoms. The first-order valence-corrected chi connectivity index (χ1v) is 6.53. The van der Waals surface area contributed by atoms with Crippen LogP contribution in [0, 0.1) is 0 Å². The van der Waals surface area contributed by atoms with Gasteiger partial charge in [-0.05, 0) is 12.8 Å². The summed E-state index contributed by atoms with van der Waals surface area (Å²) in [5.74, 6) is 0.0914. The van der Waals surface area contributed by atoms with E-state index in [1.807, 2.05) is 0 Å². The second-order valence-corrected chi connectivity index (χ2v) is 4.96. The van der Waals surface area contributed by atoms with Crippen LogP contribution in [0.3, 0.4) is 0 Å². The van der Waals surface area contributed by atoms with E-state index in [-0.39, 0.29) is 24.1 Å². The maximum atomic E-state index is 12.3. The van der Waals surface area contributed by atoms with E-state index in [9.17, 15) is 9.59 Å². The summed E-state index contributed by atoms with van der Waals surface area (Å²) in [6.45, 7) is 1.93. The van der Waals surface area contributed by atoms with Crippen molar-refractivity contribution in [3.8, 4) is 0 Å². The molecule has 2 rings (SSSR count). The number of carbonyl (C=O) groups is 2. The van der Waals surface area contributed by atoms with Crippen LogP contribution in [-0.2, 0) is 14.3 Å². The van der Waals surface area contributed by atoms with E-state index in [1.54, 1.807) is 12.0 Å². The summed E-state index contributed by atoms with van der Waals surface area (Å²) in [5.41, 5.74) is 0. The second-order valence-electron chi connectivity index (χ2n) is 4.96. The van der Waals surface area contributed by atoms with Crippen LogP contribution in [0.4, 0.5) is 4.79 Å². The van der Waals surface area contributed by atoms with Gasteiger partial charge in [0.2, 0.25) is 5.91 Å². The number of nitrogens with zero attached hydrogens (tertiary/aromatic N) is 1. The Morgan fingerprint density at radius 3 is 2.79 bits per heavy atom. The van der Waals surface area contributed by atoms with Crippen molar-refractivity contribution in [3.05, 3.63) is 0 Å². The van der Waals surface area contributed by atoms with E-state index >= 15 is 0 Å². The van der Waals surface area contributed by atoms with Gasteiger partial charge in [-0.1, -0.05) is 0 Å². The number of hydrogen-bond donors (Lipinski definition) is 2. The minimum Gasteiger partial charge on any atom is -0.453 e. The summed E-state index contributed by atoms with van der Waals surface area (Å²) >= 11 is 0. The zero-order valence-electron chi connectivity index (χ0n) is 11.3. The molecule has 0 aromatic rings. The molecule has 2 aliphatic heterocycles. The molecule has 2 saturated heterocycles. The molecule has 0 spiro atoms. The summed E-state index contributed by atoms with van der Waals surface area (Å²) in [7, 11) is 2.99. The molecule has 2 fully saturated rings. The lowest BCUT2D eigenvalue weighted by Crippen LogP contribution is -2.44. The summed E-state index contributed by atoms with van der Waals surface area (Å²) in [5, 5.41) is 5.90. The molecule has 2 amide bonds. The number of methoxy groups -OCH3 is 2. The highest BCUT2D eigenvalue weighted by atomic mass is 16.5. The average molecular weight is 271 g/mol. The van der Waals surface area contributed by atoms with Gasteiger partial charge in [0.25, 0.3) is 0 Å². The van der Waals surface area contributed by atoms with Crippen molar-refractivity contribution in [3.63, 3.8) is 0 Å². The van der Waals surface area contributed by atoms with Crippen molar-refractivity contribution in [2.24, 2.45) is 0 Å². The van der Waals surface area contributed by atoms with Crippen LogP contribution >= 0.6 is 0 Å². The van der Waals surface area contributed by atoms with Crippen LogP contribution < -0.4 is 10.6 Å². The van der Waals surface area contributed by atoms with Crippen LogP contribution in [0.15, 0.2) is 0 Å². The minimum absolute atomic E-state index is 0.0176. The van der Waals surface area contributed by atoms with Crippen LogP contribution in [0.1, 0.15) is 12.8 Å². The van der Waals surface area contributed by atoms with E-state index in [4.69, 9.17) is 4.74 Å². The van der Waals surface area contributed by atoms with E-state index in [0.29, 0.717) is 26.1 Å². The molecule has 0 aliphatic carbocycles. The summed E-state index contributed by atoms with van der Waals surface area (Å²) < 4.78 is 9.79. The summed E-state index contributed by atoms with van der Waals surface area (Å²) in [6.07, 6.45) is 1.14. The molecule has 0 radical (unpaired) electrons.